The maximum atomic E-state index is 12.5. The fourth-order valence-electron chi connectivity index (χ4n) is 3.13. The van der Waals surface area contributed by atoms with Gasteiger partial charge in [-0.25, -0.2) is 9.78 Å². The molecule has 4 rings (SSSR count). The number of hydrogen-bond donors (Lipinski definition) is 2. The molecule has 0 atom stereocenters. The van der Waals surface area contributed by atoms with E-state index >= 15 is 0 Å². The predicted molar refractivity (Wildman–Crippen MR) is 106 cm³/mol. The number of nitrogen functional groups attached to an aromatic ring is 1. The van der Waals surface area contributed by atoms with E-state index in [1.165, 1.54) is 0 Å². The van der Waals surface area contributed by atoms with E-state index in [0.717, 1.165) is 27.3 Å². The Kier molecular flexibility index (Phi) is 4.34. The van der Waals surface area contributed by atoms with Crippen molar-refractivity contribution in [2.75, 3.05) is 42.1 Å². The Bertz CT molecular complexity index is 948. The third-order valence-electron chi connectivity index (χ3n) is 4.58. The van der Waals surface area contributed by atoms with Crippen LogP contribution in [-0.4, -0.2) is 47.1 Å². The fourth-order valence-corrected chi connectivity index (χ4v) is 3.89. The molecule has 1 aliphatic rings. The van der Waals surface area contributed by atoms with Crippen LogP contribution in [0.15, 0.2) is 35.7 Å². The van der Waals surface area contributed by atoms with Gasteiger partial charge in [0.1, 0.15) is 10.6 Å². The van der Waals surface area contributed by atoms with Crippen LogP contribution in [-0.2, 0) is 0 Å². The van der Waals surface area contributed by atoms with Crippen LogP contribution in [0.1, 0.15) is 5.56 Å². The van der Waals surface area contributed by atoms with E-state index < -0.39 is 0 Å². The van der Waals surface area contributed by atoms with E-state index in [9.17, 15) is 4.79 Å². The highest BCUT2D eigenvalue weighted by Crippen LogP contribution is 2.29. The van der Waals surface area contributed by atoms with E-state index in [4.69, 9.17) is 5.73 Å². The van der Waals surface area contributed by atoms with Crippen LogP contribution < -0.4 is 16.0 Å². The van der Waals surface area contributed by atoms with Gasteiger partial charge in [-0.1, -0.05) is 18.2 Å². The molecule has 0 aliphatic carbocycles. The Balaban J connectivity index is 1.44. The molecule has 7 nitrogen and oxygen atoms in total. The van der Waals surface area contributed by atoms with Crippen LogP contribution in [0.5, 0.6) is 0 Å². The number of carbonyl (C=O) groups excluding carboxylic acids is 1. The summed E-state index contributed by atoms with van der Waals surface area (Å²) in [4.78, 5) is 26.1. The minimum atomic E-state index is -0.0677. The SMILES string of the molecule is Cc1ccccc1NC(=O)N1CCN(c2nc(N)nc3sccc23)CC1. The number of piperazine rings is 1. The number of nitrogens with one attached hydrogen (secondary N) is 1. The zero-order valence-corrected chi connectivity index (χ0v) is 15.3. The van der Waals surface area contributed by atoms with E-state index in [-0.39, 0.29) is 12.0 Å². The molecule has 0 bridgehead atoms. The number of benzene rings is 1. The van der Waals surface area contributed by atoms with E-state index in [1.54, 1.807) is 11.3 Å². The van der Waals surface area contributed by atoms with Gasteiger partial charge in [0.25, 0.3) is 0 Å². The Hall–Kier alpha value is -2.87. The second kappa shape index (κ2) is 6.80. The lowest BCUT2D eigenvalue weighted by molar-refractivity contribution is 0.208. The average molecular weight is 368 g/mol. The molecule has 134 valence electrons. The van der Waals surface area contributed by atoms with Gasteiger partial charge in [0.05, 0.1) is 5.39 Å². The Morgan fingerprint density at radius 3 is 2.69 bits per heavy atom. The van der Waals surface area contributed by atoms with Gasteiger partial charge in [0.2, 0.25) is 5.95 Å². The van der Waals surface area contributed by atoms with Crippen molar-refractivity contribution < 1.29 is 4.79 Å². The molecule has 1 fully saturated rings. The summed E-state index contributed by atoms with van der Waals surface area (Å²) in [6.07, 6.45) is 0. The second-order valence-electron chi connectivity index (χ2n) is 6.26. The van der Waals surface area contributed by atoms with Crippen LogP contribution >= 0.6 is 11.3 Å². The molecule has 2 aromatic heterocycles. The molecule has 3 N–H and O–H groups in total. The van der Waals surface area contributed by atoms with Gasteiger partial charge in [-0.05, 0) is 30.0 Å². The van der Waals surface area contributed by atoms with Crippen LogP contribution in [0, 0.1) is 6.92 Å². The summed E-state index contributed by atoms with van der Waals surface area (Å²) in [7, 11) is 0. The largest absolute Gasteiger partial charge is 0.368 e. The van der Waals surface area contributed by atoms with Gasteiger partial charge in [-0.3, -0.25) is 0 Å². The standard InChI is InChI=1S/C18H20N6OS/c1-12-4-2-3-5-14(12)20-18(25)24-9-7-23(8-10-24)15-13-6-11-26-16(13)22-17(19)21-15/h2-6,11H,7-10H2,1H3,(H,20,25)(H2,19,21,22). The lowest BCUT2D eigenvalue weighted by atomic mass is 10.2. The molecule has 1 aliphatic heterocycles. The maximum Gasteiger partial charge on any atom is 0.321 e. The van der Waals surface area contributed by atoms with Gasteiger partial charge in [0.15, 0.2) is 0 Å². The molecule has 3 aromatic rings. The molecule has 1 saturated heterocycles. The first-order chi connectivity index (χ1) is 12.6. The number of para-hydroxylation sites is 1. The molecule has 1 aromatic carbocycles. The van der Waals surface area contributed by atoms with Crippen LogP contribution in [0.2, 0.25) is 0 Å². The van der Waals surface area contributed by atoms with Crippen molar-refractivity contribution in [3.63, 3.8) is 0 Å². The van der Waals surface area contributed by atoms with Crippen LogP contribution in [0.3, 0.4) is 0 Å². The number of hydrogen-bond acceptors (Lipinski definition) is 6. The Labute approximate surface area is 155 Å². The van der Waals surface area contributed by atoms with Crippen molar-refractivity contribution in [2.24, 2.45) is 0 Å². The van der Waals surface area contributed by atoms with Crippen molar-refractivity contribution in [3.8, 4) is 0 Å². The Morgan fingerprint density at radius 1 is 1.15 bits per heavy atom. The number of rotatable bonds is 2. The van der Waals surface area contributed by atoms with Gasteiger partial charge >= 0.3 is 6.03 Å². The maximum absolute atomic E-state index is 12.5. The summed E-state index contributed by atoms with van der Waals surface area (Å²) < 4.78 is 0. The Morgan fingerprint density at radius 2 is 1.92 bits per heavy atom. The second-order valence-corrected chi connectivity index (χ2v) is 7.16. The van der Waals surface area contributed by atoms with Gasteiger partial charge in [0, 0.05) is 31.9 Å². The summed E-state index contributed by atoms with van der Waals surface area (Å²) in [6.45, 7) is 4.67. The highest BCUT2D eigenvalue weighted by atomic mass is 32.1. The smallest absolute Gasteiger partial charge is 0.321 e. The number of aryl methyl sites for hydroxylation is 1. The first kappa shape index (κ1) is 16.6. The number of urea groups is 1. The van der Waals surface area contributed by atoms with Crippen molar-refractivity contribution in [1.82, 2.24) is 14.9 Å². The minimum absolute atomic E-state index is 0.0677. The summed E-state index contributed by atoms with van der Waals surface area (Å²) >= 11 is 1.56. The van der Waals surface area contributed by atoms with Crippen LogP contribution in [0.4, 0.5) is 22.2 Å². The van der Waals surface area contributed by atoms with Crippen LogP contribution in [0.25, 0.3) is 10.2 Å². The molecule has 0 saturated carbocycles. The molecule has 8 heteroatoms. The summed E-state index contributed by atoms with van der Waals surface area (Å²) in [6, 6.07) is 9.74. The molecule has 0 unspecified atom stereocenters. The van der Waals surface area contributed by atoms with Gasteiger partial charge < -0.3 is 20.9 Å². The molecular weight excluding hydrogens is 348 g/mol. The number of nitrogens with zero attached hydrogens (tertiary/aromatic N) is 4. The van der Waals surface area contributed by atoms with Gasteiger partial charge in [-0.15, -0.1) is 11.3 Å². The number of amides is 2. The highest BCUT2D eigenvalue weighted by molar-refractivity contribution is 7.16. The summed E-state index contributed by atoms with van der Waals surface area (Å²) in [5.41, 5.74) is 7.75. The highest BCUT2D eigenvalue weighted by Gasteiger charge is 2.24. The monoisotopic (exact) mass is 368 g/mol. The number of nitrogens with two attached hydrogens (primary N) is 1. The average Bonchev–Trinajstić information content (AvgIpc) is 3.11. The minimum Gasteiger partial charge on any atom is -0.368 e. The number of carbonyl (C=O) groups is 1. The number of aromatic nitrogens is 2. The molecule has 26 heavy (non-hydrogen) atoms. The lowest BCUT2D eigenvalue weighted by Crippen LogP contribution is -2.50. The zero-order valence-electron chi connectivity index (χ0n) is 14.5. The number of thiophene rings is 1. The van der Waals surface area contributed by atoms with E-state index in [2.05, 4.69) is 20.2 Å². The first-order valence-corrected chi connectivity index (χ1v) is 9.37. The van der Waals surface area contributed by atoms with Crippen molar-refractivity contribution in [1.29, 1.82) is 0 Å². The van der Waals surface area contributed by atoms with Crippen molar-refractivity contribution >= 4 is 45.0 Å². The normalized spacial score (nSPS) is 14.7. The lowest BCUT2D eigenvalue weighted by Gasteiger charge is -2.35. The topological polar surface area (TPSA) is 87.4 Å². The number of anilines is 3. The number of fused-ring (bicyclic) bond motifs is 1. The third-order valence-corrected chi connectivity index (χ3v) is 5.38. The zero-order chi connectivity index (χ0) is 18.1. The first-order valence-electron chi connectivity index (χ1n) is 8.49. The molecular formula is C18H20N6OS. The van der Waals surface area contributed by atoms with Gasteiger partial charge in [-0.2, -0.15) is 4.98 Å². The molecule has 0 spiro atoms. The molecule has 3 heterocycles. The fraction of sp³-hybridized carbons (Fsp3) is 0.278. The predicted octanol–water partition coefficient (Wildman–Crippen LogP) is 2.94. The van der Waals surface area contributed by atoms with E-state index in [1.807, 2.05) is 47.5 Å². The third kappa shape index (κ3) is 3.15. The van der Waals surface area contributed by atoms with E-state index in [0.29, 0.717) is 26.2 Å². The van der Waals surface area contributed by atoms with Crippen molar-refractivity contribution in [3.05, 3.63) is 41.3 Å². The molecule has 0 radical (unpaired) electrons. The van der Waals surface area contributed by atoms with Crippen molar-refractivity contribution in [2.45, 2.75) is 6.92 Å². The summed E-state index contributed by atoms with van der Waals surface area (Å²) in [5, 5.41) is 6.00. The quantitative estimate of drug-likeness (QED) is 0.726. The molecule has 2 amide bonds. The summed E-state index contributed by atoms with van der Waals surface area (Å²) in [5.74, 6) is 1.14.